The van der Waals surface area contributed by atoms with Crippen LogP contribution in [0.4, 0.5) is 0 Å². The van der Waals surface area contributed by atoms with E-state index in [-0.39, 0.29) is 16.5 Å². The van der Waals surface area contributed by atoms with Crippen LogP contribution in [-0.2, 0) is 0 Å². The number of carbonyl (C=O) groups excluding carboxylic acids is 1. The number of fused-ring (bicyclic) bond motifs is 2. The number of halogens is 1. The Hall–Kier alpha value is -3.49. The molecule has 9 heteroatoms. The maximum absolute atomic E-state index is 12.5. The zero-order valence-electron chi connectivity index (χ0n) is 17.0. The molecule has 1 aliphatic rings. The molecule has 0 saturated heterocycles. The molecule has 4 aromatic rings. The molecule has 0 spiro atoms. The van der Waals surface area contributed by atoms with Gasteiger partial charge in [0.25, 0.3) is 5.91 Å². The Morgan fingerprint density at radius 1 is 1.12 bits per heavy atom. The van der Waals surface area contributed by atoms with Crippen molar-refractivity contribution in [1.82, 2.24) is 9.88 Å². The highest BCUT2D eigenvalue weighted by Crippen LogP contribution is 2.41. The van der Waals surface area contributed by atoms with E-state index in [0.717, 1.165) is 16.0 Å². The molecule has 0 saturated carbocycles. The first-order valence-corrected chi connectivity index (χ1v) is 10.9. The zero-order chi connectivity index (χ0) is 22.8. The van der Waals surface area contributed by atoms with Crippen LogP contribution in [0.25, 0.3) is 27.2 Å². The van der Waals surface area contributed by atoms with Gasteiger partial charge in [-0.3, -0.25) is 4.79 Å². The Labute approximate surface area is 191 Å². The van der Waals surface area contributed by atoms with Crippen molar-refractivity contribution in [3.05, 3.63) is 64.0 Å². The Kier molecular flexibility index (Phi) is 4.47. The molecule has 162 valence electrons. The quantitative estimate of drug-likeness (QED) is 0.380. The maximum Gasteiger partial charge on any atom is 0.345 e. The van der Waals surface area contributed by atoms with Crippen LogP contribution in [0, 0.1) is 0 Å². The highest BCUT2D eigenvalue weighted by Gasteiger charge is 2.32. The lowest BCUT2D eigenvalue weighted by atomic mass is 10.1. The number of carboxylic acids is 1. The van der Waals surface area contributed by atoms with Crippen LogP contribution in [0.15, 0.2) is 48.5 Å². The van der Waals surface area contributed by atoms with Gasteiger partial charge in [0.15, 0.2) is 5.72 Å². The summed E-state index contributed by atoms with van der Waals surface area (Å²) in [6.45, 7) is 3.52. The molecule has 3 N–H and O–H groups in total. The maximum atomic E-state index is 12.5. The molecule has 2 aromatic carbocycles. The fourth-order valence-corrected chi connectivity index (χ4v) is 5.04. The summed E-state index contributed by atoms with van der Waals surface area (Å²) in [5, 5.41) is 22.4. The number of hydrogen-bond acceptors (Lipinski definition) is 5. The largest absolute Gasteiger partial charge is 0.508 e. The minimum Gasteiger partial charge on any atom is -0.508 e. The summed E-state index contributed by atoms with van der Waals surface area (Å²) >= 11 is 7.59. The van der Waals surface area contributed by atoms with E-state index in [1.807, 2.05) is 10.6 Å². The van der Waals surface area contributed by atoms with Crippen LogP contribution >= 0.6 is 22.9 Å². The predicted molar refractivity (Wildman–Crippen MR) is 122 cm³/mol. The number of aromatic nitrogens is 1. The summed E-state index contributed by atoms with van der Waals surface area (Å²) in [7, 11) is 0. The van der Waals surface area contributed by atoms with E-state index in [1.165, 1.54) is 12.1 Å². The number of carbonyl (C=O) groups is 2. The molecular formula is C23H17ClN2O5S. The van der Waals surface area contributed by atoms with E-state index in [9.17, 15) is 19.8 Å². The summed E-state index contributed by atoms with van der Waals surface area (Å²) in [4.78, 5) is 24.2. The second-order valence-corrected chi connectivity index (χ2v) is 9.43. The molecule has 3 heterocycles. The molecule has 1 amide bonds. The molecule has 7 nitrogen and oxygen atoms in total. The van der Waals surface area contributed by atoms with Gasteiger partial charge in [0.05, 0.1) is 26.5 Å². The van der Waals surface area contributed by atoms with Gasteiger partial charge in [-0.05, 0) is 56.3 Å². The molecule has 2 aromatic heterocycles. The van der Waals surface area contributed by atoms with Gasteiger partial charge in [-0.2, -0.15) is 0 Å². The molecular weight excluding hydrogens is 452 g/mol. The summed E-state index contributed by atoms with van der Waals surface area (Å²) in [6, 6.07) is 13.4. The van der Waals surface area contributed by atoms with Gasteiger partial charge in [0, 0.05) is 17.3 Å². The van der Waals surface area contributed by atoms with E-state index < -0.39 is 11.7 Å². The lowest BCUT2D eigenvalue weighted by molar-refractivity contribution is 0.0432. The number of ether oxygens (including phenoxy) is 1. The van der Waals surface area contributed by atoms with E-state index in [2.05, 4.69) is 5.32 Å². The fraction of sp³-hybridized carbons (Fsp3) is 0.130. The van der Waals surface area contributed by atoms with Gasteiger partial charge in [-0.15, -0.1) is 11.3 Å². The van der Waals surface area contributed by atoms with Gasteiger partial charge < -0.3 is 24.8 Å². The smallest absolute Gasteiger partial charge is 0.345 e. The van der Waals surface area contributed by atoms with Crippen molar-refractivity contribution in [1.29, 1.82) is 0 Å². The van der Waals surface area contributed by atoms with E-state index in [4.69, 9.17) is 16.3 Å². The van der Waals surface area contributed by atoms with Crippen molar-refractivity contribution >= 4 is 45.0 Å². The van der Waals surface area contributed by atoms with Crippen LogP contribution in [0.3, 0.4) is 0 Å². The lowest BCUT2D eigenvalue weighted by Gasteiger charge is -2.33. The number of phenols is 1. The minimum absolute atomic E-state index is 0.0438. The second kappa shape index (κ2) is 7.01. The van der Waals surface area contributed by atoms with Crippen molar-refractivity contribution in [2.24, 2.45) is 0 Å². The van der Waals surface area contributed by atoms with E-state index >= 15 is 0 Å². The topological polar surface area (TPSA) is 101 Å². The SMILES string of the molecule is CC1(C)NC(=O)c2ccc(-n3c(-c4ccc(O)cc4Cl)cc4sc(C(=O)O)cc43)cc2O1. The Balaban J connectivity index is 1.77. The van der Waals surface area contributed by atoms with Gasteiger partial charge in [0.1, 0.15) is 16.4 Å². The van der Waals surface area contributed by atoms with Crippen LogP contribution in [-0.4, -0.2) is 32.4 Å². The van der Waals surface area contributed by atoms with Crippen molar-refractivity contribution in [3.63, 3.8) is 0 Å². The van der Waals surface area contributed by atoms with Gasteiger partial charge in [-0.1, -0.05) is 11.6 Å². The number of hydrogen-bond donors (Lipinski definition) is 3. The Bertz CT molecular complexity index is 1440. The molecule has 0 radical (unpaired) electrons. The lowest BCUT2D eigenvalue weighted by Crippen LogP contribution is -2.51. The predicted octanol–water partition coefficient (Wildman–Crippen LogP) is 5.27. The number of nitrogens with zero attached hydrogens (tertiary/aromatic N) is 1. The van der Waals surface area contributed by atoms with Crippen LogP contribution in [0.2, 0.25) is 5.02 Å². The third kappa shape index (κ3) is 3.28. The Morgan fingerprint density at radius 2 is 1.88 bits per heavy atom. The first kappa shape index (κ1) is 20.4. The molecule has 0 fully saturated rings. The Morgan fingerprint density at radius 3 is 2.59 bits per heavy atom. The summed E-state index contributed by atoms with van der Waals surface area (Å²) < 4.78 is 8.61. The number of benzene rings is 2. The second-order valence-electron chi connectivity index (χ2n) is 7.94. The zero-order valence-corrected chi connectivity index (χ0v) is 18.5. The normalized spacial score (nSPS) is 14.7. The first-order chi connectivity index (χ1) is 15.1. The number of amides is 1. The average molecular weight is 469 g/mol. The number of nitrogens with one attached hydrogen (secondary N) is 1. The number of aromatic carboxylic acids is 1. The highest BCUT2D eigenvalue weighted by atomic mass is 35.5. The number of carboxylic acid groups (broad SMARTS) is 1. The molecule has 1 aliphatic heterocycles. The summed E-state index contributed by atoms with van der Waals surface area (Å²) in [5.74, 6) is -0.767. The molecule has 0 atom stereocenters. The van der Waals surface area contributed by atoms with E-state index in [1.54, 1.807) is 44.2 Å². The van der Waals surface area contributed by atoms with Gasteiger partial charge >= 0.3 is 5.97 Å². The number of phenolic OH excluding ortho intramolecular Hbond substituents is 1. The molecule has 0 unspecified atom stereocenters. The van der Waals surface area contributed by atoms with Crippen LogP contribution in [0.5, 0.6) is 11.5 Å². The average Bonchev–Trinajstić information content (AvgIpc) is 3.24. The van der Waals surface area contributed by atoms with Crippen molar-refractivity contribution in [2.75, 3.05) is 0 Å². The molecule has 5 rings (SSSR count). The first-order valence-electron chi connectivity index (χ1n) is 9.66. The molecule has 32 heavy (non-hydrogen) atoms. The molecule has 0 bridgehead atoms. The minimum atomic E-state index is -1.01. The van der Waals surface area contributed by atoms with Gasteiger partial charge in [-0.25, -0.2) is 4.79 Å². The summed E-state index contributed by atoms with van der Waals surface area (Å²) in [5.41, 5.74) is 2.30. The number of rotatable bonds is 3. The van der Waals surface area contributed by atoms with Crippen LogP contribution in [0.1, 0.15) is 33.9 Å². The third-order valence-corrected chi connectivity index (χ3v) is 6.55. The van der Waals surface area contributed by atoms with Crippen LogP contribution < -0.4 is 10.1 Å². The standard InChI is InChI=1S/C23H17ClN2O5S/c1-23(2)25-21(28)14-5-3-11(7-18(14)31-23)26-16(13-6-4-12(27)8-15(13)24)9-19-17(26)10-20(32-19)22(29)30/h3-10,27H,1-2H3,(H,25,28)(H,29,30). The van der Waals surface area contributed by atoms with Crippen molar-refractivity contribution < 1.29 is 24.5 Å². The highest BCUT2D eigenvalue weighted by molar-refractivity contribution is 7.20. The summed E-state index contributed by atoms with van der Waals surface area (Å²) in [6.07, 6.45) is 0. The number of aromatic hydroxyl groups is 1. The monoisotopic (exact) mass is 468 g/mol. The van der Waals surface area contributed by atoms with Gasteiger partial charge in [0.2, 0.25) is 0 Å². The van der Waals surface area contributed by atoms with Crippen molar-refractivity contribution in [2.45, 2.75) is 19.6 Å². The van der Waals surface area contributed by atoms with Crippen molar-refractivity contribution in [3.8, 4) is 28.4 Å². The fourth-order valence-electron chi connectivity index (χ4n) is 3.85. The number of thiophene rings is 1. The van der Waals surface area contributed by atoms with E-state index in [0.29, 0.717) is 38.8 Å². The molecule has 0 aliphatic carbocycles. The third-order valence-electron chi connectivity index (χ3n) is 5.18.